The number of hydrogen-bond acceptors (Lipinski definition) is 5. The molecule has 138 valence electrons. The summed E-state index contributed by atoms with van der Waals surface area (Å²) in [6.07, 6.45) is 5.76. The van der Waals surface area contributed by atoms with E-state index in [0.717, 1.165) is 27.9 Å². The van der Waals surface area contributed by atoms with E-state index in [1.165, 1.54) is 0 Å². The molecule has 0 aliphatic carbocycles. The summed E-state index contributed by atoms with van der Waals surface area (Å²) in [7, 11) is 0. The van der Waals surface area contributed by atoms with E-state index in [0.29, 0.717) is 23.1 Å². The maximum Gasteiger partial charge on any atom is 0.159 e. The van der Waals surface area contributed by atoms with Gasteiger partial charge in [0.1, 0.15) is 5.15 Å². The van der Waals surface area contributed by atoms with Crippen molar-refractivity contribution in [1.82, 2.24) is 24.8 Å². The molecule has 0 bridgehead atoms. The number of hydrogen-bond donors (Lipinski definition) is 0. The molecule has 0 aliphatic rings. The van der Waals surface area contributed by atoms with Crippen LogP contribution in [0.25, 0.3) is 10.9 Å². The predicted octanol–water partition coefficient (Wildman–Crippen LogP) is 4.21. The first-order valence-electron chi connectivity index (χ1n) is 8.72. The second kappa shape index (κ2) is 7.70. The van der Waals surface area contributed by atoms with Crippen molar-refractivity contribution in [2.45, 2.75) is 13.3 Å². The van der Waals surface area contributed by atoms with Crippen molar-refractivity contribution < 1.29 is 0 Å². The number of aromatic nitrogens is 5. The Morgan fingerprint density at radius 1 is 1.21 bits per heavy atom. The van der Waals surface area contributed by atoms with E-state index in [1.807, 2.05) is 37.3 Å². The summed E-state index contributed by atoms with van der Waals surface area (Å²) in [5.41, 5.74) is 3.53. The fourth-order valence-electron chi connectivity index (χ4n) is 2.92. The normalized spacial score (nSPS) is 11.7. The Labute approximate surface area is 167 Å². The molecule has 0 atom stereocenters. The van der Waals surface area contributed by atoms with Crippen molar-refractivity contribution in [3.8, 4) is 0 Å². The average Bonchev–Trinajstić information content (AvgIpc) is 3.06. The molecule has 7 heteroatoms. The third kappa shape index (κ3) is 3.68. The van der Waals surface area contributed by atoms with Gasteiger partial charge in [-0.15, -0.1) is 10.2 Å². The Morgan fingerprint density at radius 3 is 2.89 bits per heavy atom. The standard InChI is InChI=1S/C21H17ClN6/c1-3-18(17-5-4-10-23-13-17)27-28-14(2)25-26-21(28)12-15-6-8-19-16(11-15)7-9-20(22)24-19/h3-11,13H,1,12H2,2H3/b27-18+. The van der Waals surface area contributed by atoms with Crippen molar-refractivity contribution >= 4 is 28.2 Å². The Bertz CT molecular complexity index is 1180. The maximum atomic E-state index is 5.96. The average molecular weight is 389 g/mol. The third-order valence-electron chi connectivity index (χ3n) is 4.30. The molecule has 0 N–H and O–H groups in total. The van der Waals surface area contributed by atoms with E-state index in [9.17, 15) is 0 Å². The lowest BCUT2D eigenvalue weighted by atomic mass is 10.1. The molecule has 0 aliphatic heterocycles. The van der Waals surface area contributed by atoms with Crippen LogP contribution in [0.1, 0.15) is 22.8 Å². The van der Waals surface area contributed by atoms with E-state index in [-0.39, 0.29) is 0 Å². The molecule has 3 heterocycles. The Balaban J connectivity index is 1.70. The third-order valence-corrected chi connectivity index (χ3v) is 4.51. The quantitative estimate of drug-likeness (QED) is 0.379. The molecule has 1 aromatic carbocycles. The van der Waals surface area contributed by atoms with Crippen LogP contribution < -0.4 is 0 Å². The van der Waals surface area contributed by atoms with E-state index in [2.05, 4.69) is 32.8 Å². The van der Waals surface area contributed by atoms with Crippen molar-refractivity contribution in [2.75, 3.05) is 0 Å². The number of benzene rings is 1. The second-order valence-corrected chi connectivity index (χ2v) is 6.63. The molecule has 0 saturated heterocycles. The molecule has 0 fully saturated rings. The molecule has 28 heavy (non-hydrogen) atoms. The highest BCUT2D eigenvalue weighted by atomic mass is 35.5. The molecule has 3 aromatic heterocycles. The number of allylic oxidation sites excluding steroid dienone is 1. The van der Waals surface area contributed by atoms with Gasteiger partial charge in [0.25, 0.3) is 0 Å². The summed E-state index contributed by atoms with van der Waals surface area (Å²) in [6, 6.07) is 13.6. The van der Waals surface area contributed by atoms with Crippen molar-refractivity contribution in [3.63, 3.8) is 0 Å². The monoisotopic (exact) mass is 388 g/mol. The number of aryl methyl sites for hydroxylation is 1. The minimum atomic E-state index is 0.484. The lowest BCUT2D eigenvalue weighted by Gasteiger charge is -2.07. The van der Waals surface area contributed by atoms with E-state index in [4.69, 9.17) is 16.7 Å². The van der Waals surface area contributed by atoms with Crippen LogP contribution in [0, 0.1) is 6.92 Å². The van der Waals surface area contributed by atoms with Gasteiger partial charge >= 0.3 is 0 Å². The molecule has 6 nitrogen and oxygen atoms in total. The van der Waals surface area contributed by atoms with Crippen molar-refractivity contribution in [1.29, 1.82) is 0 Å². The maximum absolute atomic E-state index is 5.96. The number of halogens is 1. The summed E-state index contributed by atoms with van der Waals surface area (Å²) >= 11 is 5.96. The zero-order chi connectivity index (χ0) is 19.5. The van der Waals surface area contributed by atoms with Gasteiger partial charge in [-0.25, -0.2) is 9.66 Å². The van der Waals surface area contributed by atoms with Gasteiger partial charge in [0, 0.05) is 29.8 Å². The molecule has 0 spiro atoms. The van der Waals surface area contributed by atoms with Crippen LogP contribution in [0.5, 0.6) is 0 Å². The molecule has 4 aromatic rings. The first-order valence-corrected chi connectivity index (χ1v) is 9.10. The summed E-state index contributed by atoms with van der Waals surface area (Å²) in [4.78, 5) is 8.47. The summed E-state index contributed by atoms with van der Waals surface area (Å²) in [5.74, 6) is 1.44. The molecular weight excluding hydrogens is 372 g/mol. The van der Waals surface area contributed by atoms with Crippen molar-refractivity contribution in [3.05, 3.63) is 95.4 Å². The first kappa shape index (κ1) is 18.0. The fourth-order valence-corrected chi connectivity index (χ4v) is 3.08. The lowest BCUT2D eigenvalue weighted by molar-refractivity contribution is 0.772. The van der Waals surface area contributed by atoms with Gasteiger partial charge in [-0.3, -0.25) is 4.98 Å². The number of pyridine rings is 2. The van der Waals surface area contributed by atoms with Gasteiger partial charge in [0.05, 0.1) is 11.2 Å². The smallest absolute Gasteiger partial charge is 0.159 e. The SMILES string of the molecule is C=C/C(=N\n1c(C)nnc1Cc1ccc2nc(Cl)ccc2c1)c1cccnc1. The fraction of sp³-hybridized carbons (Fsp3) is 0.0952. The van der Waals surface area contributed by atoms with Crippen LogP contribution in [0.2, 0.25) is 5.15 Å². The number of rotatable bonds is 5. The topological polar surface area (TPSA) is 68.8 Å². The van der Waals surface area contributed by atoms with Crippen LogP contribution >= 0.6 is 11.6 Å². The summed E-state index contributed by atoms with van der Waals surface area (Å²) < 4.78 is 1.74. The lowest BCUT2D eigenvalue weighted by Crippen LogP contribution is -2.06. The van der Waals surface area contributed by atoms with Crippen molar-refractivity contribution in [2.24, 2.45) is 5.10 Å². The second-order valence-electron chi connectivity index (χ2n) is 6.24. The highest BCUT2D eigenvalue weighted by molar-refractivity contribution is 6.29. The predicted molar refractivity (Wildman–Crippen MR) is 111 cm³/mol. The minimum absolute atomic E-state index is 0.484. The van der Waals surface area contributed by atoms with Gasteiger partial charge in [0.2, 0.25) is 0 Å². The van der Waals surface area contributed by atoms with E-state index in [1.54, 1.807) is 29.2 Å². The van der Waals surface area contributed by atoms with Gasteiger partial charge in [0.15, 0.2) is 11.6 Å². The minimum Gasteiger partial charge on any atom is -0.264 e. The first-order chi connectivity index (χ1) is 13.6. The van der Waals surface area contributed by atoms with Gasteiger partial charge in [-0.1, -0.05) is 24.2 Å². The number of nitrogens with zero attached hydrogens (tertiary/aromatic N) is 6. The van der Waals surface area contributed by atoms with Crippen LogP contribution in [-0.2, 0) is 6.42 Å². The van der Waals surface area contributed by atoms with Crippen LogP contribution in [-0.4, -0.2) is 30.6 Å². The number of fused-ring (bicyclic) bond motifs is 1. The Kier molecular flexibility index (Phi) is 4.95. The molecule has 4 rings (SSSR count). The van der Waals surface area contributed by atoms with Crippen LogP contribution in [0.4, 0.5) is 0 Å². The van der Waals surface area contributed by atoms with Crippen LogP contribution in [0.3, 0.4) is 0 Å². The zero-order valence-corrected chi connectivity index (χ0v) is 16.0. The highest BCUT2D eigenvalue weighted by Gasteiger charge is 2.11. The summed E-state index contributed by atoms with van der Waals surface area (Å²) in [6.45, 7) is 5.74. The van der Waals surface area contributed by atoms with Gasteiger partial charge in [-0.2, -0.15) is 5.10 Å². The van der Waals surface area contributed by atoms with E-state index >= 15 is 0 Å². The molecule has 0 amide bonds. The molecular formula is C21H17ClN6. The van der Waals surface area contributed by atoms with Gasteiger partial charge in [-0.05, 0) is 55.0 Å². The molecule has 0 saturated carbocycles. The molecule has 0 unspecified atom stereocenters. The summed E-state index contributed by atoms with van der Waals surface area (Å²) in [5, 5.41) is 14.7. The molecule has 0 radical (unpaired) electrons. The Morgan fingerprint density at radius 2 is 2.11 bits per heavy atom. The van der Waals surface area contributed by atoms with E-state index < -0.39 is 0 Å². The Hall–Kier alpha value is -3.38. The largest absolute Gasteiger partial charge is 0.264 e. The van der Waals surface area contributed by atoms with Gasteiger partial charge < -0.3 is 0 Å². The highest BCUT2D eigenvalue weighted by Crippen LogP contribution is 2.19. The zero-order valence-electron chi connectivity index (χ0n) is 15.2. The van der Waals surface area contributed by atoms with Crippen LogP contribution in [0.15, 0.2) is 72.6 Å².